The lowest BCUT2D eigenvalue weighted by Gasteiger charge is -2.27. The second-order valence-corrected chi connectivity index (χ2v) is 7.26. The van der Waals surface area contributed by atoms with Crippen molar-refractivity contribution in [2.75, 3.05) is 25.5 Å². The third-order valence-electron chi connectivity index (χ3n) is 5.34. The van der Waals surface area contributed by atoms with E-state index < -0.39 is 0 Å². The Hall–Kier alpha value is -2.70. The minimum absolute atomic E-state index is 0.0136. The minimum atomic E-state index is 0.0136. The highest BCUT2D eigenvalue weighted by Crippen LogP contribution is 2.29. The van der Waals surface area contributed by atoms with Gasteiger partial charge in [0, 0.05) is 11.3 Å². The quantitative estimate of drug-likeness (QED) is 0.665. The summed E-state index contributed by atoms with van der Waals surface area (Å²) in [6, 6.07) is 13.8. The summed E-state index contributed by atoms with van der Waals surface area (Å²) in [5, 5.41) is 20.6. The smallest absolute Gasteiger partial charge is 0.228 e. The fourth-order valence-electron chi connectivity index (χ4n) is 3.63. The first-order valence-electron chi connectivity index (χ1n) is 9.32. The van der Waals surface area contributed by atoms with Crippen LogP contribution in [-0.4, -0.2) is 46.2 Å². The maximum absolute atomic E-state index is 12.6. The van der Waals surface area contributed by atoms with Crippen molar-refractivity contribution in [1.82, 2.24) is 15.1 Å². The van der Waals surface area contributed by atoms with Gasteiger partial charge in [-0.2, -0.15) is 5.10 Å². The number of piperidine rings is 1. The summed E-state index contributed by atoms with van der Waals surface area (Å²) in [5.74, 6) is 0.663. The van der Waals surface area contributed by atoms with Crippen molar-refractivity contribution < 1.29 is 9.90 Å². The molecule has 1 saturated heterocycles. The van der Waals surface area contributed by atoms with Crippen molar-refractivity contribution >= 4 is 22.6 Å². The number of aromatic nitrogens is 2. The molecule has 27 heavy (non-hydrogen) atoms. The van der Waals surface area contributed by atoms with Crippen LogP contribution < -0.4 is 5.32 Å². The molecule has 140 valence electrons. The molecule has 2 heterocycles. The zero-order valence-electron chi connectivity index (χ0n) is 15.4. The SMILES string of the molecule is CN1CCC(C(=O)Nc2n[nH]c3ccc(-c4cccc(CO)c4)cc23)CC1. The maximum atomic E-state index is 12.6. The standard InChI is InChI=1S/C21H24N4O2/c1-25-9-7-15(8-10-25)21(27)22-20-18-12-17(5-6-19(18)23-24-20)16-4-2-3-14(11-16)13-26/h2-6,11-12,15,26H,7-10,13H2,1H3,(H2,22,23,24,27). The number of rotatable bonds is 4. The molecule has 0 radical (unpaired) electrons. The van der Waals surface area contributed by atoms with Crippen molar-refractivity contribution in [2.45, 2.75) is 19.4 Å². The molecule has 1 amide bonds. The molecule has 3 N–H and O–H groups in total. The third-order valence-corrected chi connectivity index (χ3v) is 5.34. The van der Waals surface area contributed by atoms with Crippen LogP contribution >= 0.6 is 0 Å². The van der Waals surface area contributed by atoms with Crippen molar-refractivity contribution in [1.29, 1.82) is 0 Å². The Balaban J connectivity index is 1.59. The molecular weight excluding hydrogens is 340 g/mol. The first-order chi connectivity index (χ1) is 13.1. The van der Waals surface area contributed by atoms with Crippen molar-refractivity contribution in [3.63, 3.8) is 0 Å². The number of aliphatic hydroxyl groups is 1. The summed E-state index contributed by atoms with van der Waals surface area (Å²) in [7, 11) is 2.09. The van der Waals surface area contributed by atoms with Gasteiger partial charge in [0.2, 0.25) is 5.91 Å². The largest absolute Gasteiger partial charge is 0.392 e. The van der Waals surface area contributed by atoms with Crippen LogP contribution in [0.1, 0.15) is 18.4 Å². The number of fused-ring (bicyclic) bond motifs is 1. The highest BCUT2D eigenvalue weighted by atomic mass is 16.3. The number of nitrogens with zero attached hydrogens (tertiary/aromatic N) is 2. The van der Waals surface area contributed by atoms with E-state index in [2.05, 4.69) is 27.5 Å². The average Bonchev–Trinajstić information content (AvgIpc) is 3.10. The highest BCUT2D eigenvalue weighted by molar-refractivity contribution is 6.01. The van der Waals surface area contributed by atoms with Gasteiger partial charge in [-0.15, -0.1) is 0 Å². The number of aromatic amines is 1. The molecule has 1 aliphatic heterocycles. The number of nitrogens with one attached hydrogen (secondary N) is 2. The summed E-state index contributed by atoms with van der Waals surface area (Å²) in [5.41, 5.74) is 3.80. The first kappa shape index (κ1) is 17.7. The number of carbonyl (C=O) groups excluding carboxylic acids is 1. The molecular formula is C21H24N4O2. The van der Waals surface area contributed by atoms with E-state index in [1.165, 1.54) is 0 Å². The van der Waals surface area contributed by atoms with Gasteiger partial charge < -0.3 is 15.3 Å². The van der Waals surface area contributed by atoms with Gasteiger partial charge in [0.1, 0.15) is 0 Å². The number of H-pyrrole nitrogens is 1. The molecule has 6 nitrogen and oxygen atoms in total. The molecule has 1 aliphatic rings. The number of anilines is 1. The van der Waals surface area contributed by atoms with E-state index >= 15 is 0 Å². The number of amides is 1. The van der Waals surface area contributed by atoms with Crippen LogP contribution in [0.5, 0.6) is 0 Å². The number of benzene rings is 2. The van der Waals surface area contributed by atoms with Crippen LogP contribution in [0, 0.1) is 5.92 Å². The normalized spacial score (nSPS) is 15.9. The molecule has 1 fully saturated rings. The number of likely N-dealkylation sites (tertiary alicyclic amines) is 1. The Bertz CT molecular complexity index is 958. The van der Waals surface area contributed by atoms with Crippen LogP contribution in [0.2, 0.25) is 0 Å². The molecule has 1 aromatic heterocycles. The molecule has 0 spiro atoms. The summed E-state index contributed by atoms with van der Waals surface area (Å²) >= 11 is 0. The summed E-state index contributed by atoms with van der Waals surface area (Å²) in [6.07, 6.45) is 1.76. The molecule has 0 bridgehead atoms. The molecule has 0 atom stereocenters. The molecule has 0 unspecified atom stereocenters. The van der Waals surface area contributed by atoms with Gasteiger partial charge in [0.25, 0.3) is 0 Å². The molecule has 6 heteroatoms. The average molecular weight is 364 g/mol. The lowest BCUT2D eigenvalue weighted by molar-refractivity contribution is -0.121. The van der Waals surface area contributed by atoms with E-state index in [9.17, 15) is 9.90 Å². The Morgan fingerprint density at radius 2 is 2.00 bits per heavy atom. The van der Waals surface area contributed by atoms with Gasteiger partial charge in [-0.25, -0.2) is 0 Å². The molecule has 4 rings (SSSR count). The summed E-state index contributed by atoms with van der Waals surface area (Å²) in [6.45, 7) is 1.91. The minimum Gasteiger partial charge on any atom is -0.392 e. The van der Waals surface area contributed by atoms with Crippen LogP contribution in [0.25, 0.3) is 22.0 Å². The Morgan fingerprint density at radius 3 is 2.78 bits per heavy atom. The maximum Gasteiger partial charge on any atom is 0.228 e. The highest BCUT2D eigenvalue weighted by Gasteiger charge is 2.24. The van der Waals surface area contributed by atoms with Crippen LogP contribution in [0.3, 0.4) is 0 Å². The van der Waals surface area contributed by atoms with E-state index in [1.807, 2.05) is 42.5 Å². The number of hydrogen-bond acceptors (Lipinski definition) is 4. The van der Waals surface area contributed by atoms with Crippen molar-refractivity contribution in [2.24, 2.45) is 5.92 Å². The van der Waals surface area contributed by atoms with E-state index in [4.69, 9.17) is 0 Å². The lowest BCUT2D eigenvalue weighted by atomic mass is 9.96. The Kier molecular flexibility index (Phi) is 4.92. The topological polar surface area (TPSA) is 81.2 Å². The molecule has 3 aromatic rings. The molecule has 0 aliphatic carbocycles. The fraction of sp³-hybridized carbons (Fsp3) is 0.333. The Labute approximate surface area is 158 Å². The molecule has 0 saturated carbocycles. The lowest BCUT2D eigenvalue weighted by Crippen LogP contribution is -2.36. The summed E-state index contributed by atoms with van der Waals surface area (Å²) in [4.78, 5) is 14.9. The molecule has 2 aromatic carbocycles. The number of carbonyl (C=O) groups is 1. The van der Waals surface area contributed by atoms with Crippen LogP contribution in [-0.2, 0) is 11.4 Å². The fourth-order valence-corrected chi connectivity index (χ4v) is 3.63. The van der Waals surface area contributed by atoms with Gasteiger partial charge in [0.05, 0.1) is 12.1 Å². The third kappa shape index (κ3) is 3.72. The van der Waals surface area contributed by atoms with E-state index in [-0.39, 0.29) is 18.4 Å². The number of aliphatic hydroxyl groups excluding tert-OH is 1. The first-order valence-corrected chi connectivity index (χ1v) is 9.32. The van der Waals surface area contributed by atoms with Gasteiger partial charge in [-0.3, -0.25) is 9.89 Å². The van der Waals surface area contributed by atoms with Crippen LogP contribution in [0.15, 0.2) is 42.5 Å². The monoisotopic (exact) mass is 364 g/mol. The van der Waals surface area contributed by atoms with E-state index in [0.717, 1.165) is 53.5 Å². The van der Waals surface area contributed by atoms with Crippen molar-refractivity contribution in [3.8, 4) is 11.1 Å². The summed E-state index contributed by atoms with van der Waals surface area (Å²) < 4.78 is 0. The second kappa shape index (κ2) is 7.50. The van der Waals surface area contributed by atoms with Gasteiger partial charge >= 0.3 is 0 Å². The van der Waals surface area contributed by atoms with Crippen molar-refractivity contribution in [3.05, 3.63) is 48.0 Å². The number of hydrogen-bond donors (Lipinski definition) is 3. The zero-order chi connectivity index (χ0) is 18.8. The van der Waals surface area contributed by atoms with E-state index in [0.29, 0.717) is 5.82 Å². The predicted molar refractivity (Wildman–Crippen MR) is 106 cm³/mol. The van der Waals surface area contributed by atoms with Gasteiger partial charge in [-0.05, 0) is 67.9 Å². The Morgan fingerprint density at radius 1 is 1.22 bits per heavy atom. The predicted octanol–water partition coefficient (Wildman–Crippen LogP) is 3.00. The van der Waals surface area contributed by atoms with Gasteiger partial charge in [-0.1, -0.05) is 24.3 Å². The second-order valence-electron chi connectivity index (χ2n) is 7.26. The van der Waals surface area contributed by atoms with E-state index in [1.54, 1.807) is 0 Å². The zero-order valence-corrected chi connectivity index (χ0v) is 15.4. The van der Waals surface area contributed by atoms with Gasteiger partial charge in [0.15, 0.2) is 5.82 Å². The van der Waals surface area contributed by atoms with Crippen LogP contribution in [0.4, 0.5) is 5.82 Å².